The van der Waals surface area contributed by atoms with Gasteiger partial charge in [-0.05, 0) is 36.1 Å². The highest BCUT2D eigenvalue weighted by molar-refractivity contribution is 5.76. The minimum atomic E-state index is -0.847. The van der Waals surface area contributed by atoms with Crippen molar-refractivity contribution >= 4 is 5.97 Å². The molecule has 122 valence electrons. The molecule has 0 amide bonds. The molecular weight excluding hydrogens is 297 g/mol. The summed E-state index contributed by atoms with van der Waals surface area (Å²) in [4.78, 5) is 13.7. The topological polar surface area (TPSA) is 58.4 Å². The summed E-state index contributed by atoms with van der Waals surface area (Å²) in [5.74, 6) is -0.847. The van der Waals surface area contributed by atoms with Crippen molar-refractivity contribution in [1.29, 1.82) is 0 Å². The first-order valence-corrected chi connectivity index (χ1v) is 7.73. The molecule has 1 aliphatic heterocycles. The minimum Gasteiger partial charge on any atom is -0.480 e. The summed E-state index contributed by atoms with van der Waals surface area (Å²) in [6.07, 6.45) is 2.56. The van der Waals surface area contributed by atoms with Gasteiger partial charge in [-0.3, -0.25) is 14.4 Å². The summed E-state index contributed by atoms with van der Waals surface area (Å²) < 4.78 is 13.9. The van der Waals surface area contributed by atoms with Crippen LogP contribution in [0.15, 0.2) is 30.5 Å². The fraction of sp³-hybridized carbons (Fsp3) is 0.412. The molecule has 5 nitrogen and oxygen atoms in total. The highest BCUT2D eigenvalue weighted by Gasteiger charge is 2.33. The lowest BCUT2D eigenvalue weighted by Gasteiger charge is -2.35. The summed E-state index contributed by atoms with van der Waals surface area (Å²) in [5.41, 5.74) is 3.91. The lowest BCUT2D eigenvalue weighted by Crippen LogP contribution is -2.39. The number of nitrogens with zero attached hydrogens (tertiary/aromatic N) is 3. The molecule has 1 atom stereocenters. The number of aliphatic carboxylic acids is 1. The number of rotatable bonds is 5. The van der Waals surface area contributed by atoms with E-state index in [0.29, 0.717) is 13.1 Å². The molecule has 2 heterocycles. The highest BCUT2D eigenvalue weighted by atomic mass is 19.1. The van der Waals surface area contributed by atoms with Crippen molar-refractivity contribution in [3.8, 4) is 0 Å². The number of aromatic nitrogens is 2. The van der Waals surface area contributed by atoms with Crippen molar-refractivity contribution in [1.82, 2.24) is 14.7 Å². The lowest BCUT2D eigenvalue weighted by molar-refractivity contribution is -0.144. The number of hydrogen-bond donors (Lipinski definition) is 1. The Morgan fingerprint density at radius 2 is 2.26 bits per heavy atom. The Kier molecular flexibility index (Phi) is 4.43. The molecule has 0 saturated heterocycles. The van der Waals surface area contributed by atoms with Crippen molar-refractivity contribution in [2.75, 3.05) is 13.2 Å². The molecule has 6 heteroatoms. The highest BCUT2D eigenvalue weighted by Crippen LogP contribution is 2.32. The standard InChI is InChI=1S/C17H20FN3O2/c1-12-3-2-4-15-14(12)6-8-20(16(15)17(22)23)11-13-5-9-21(19-13)10-7-18/h2-5,9,16H,6-8,10-11H2,1H3,(H,22,23). The molecule has 23 heavy (non-hydrogen) atoms. The molecule has 0 radical (unpaired) electrons. The summed E-state index contributed by atoms with van der Waals surface area (Å²) in [5, 5.41) is 14.0. The van der Waals surface area contributed by atoms with Crippen LogP contribution in [0, 0.1) is 6.92 Å². The number of aryl methyl sites for hydroxylation is 2. The van der Waals surface area contributed by atoms with Gasteiger partial charge in [0.05, 0.1) is 12.2 Å². The quantitative estimate of drug-likeness (QED) is 0.919. The Bertz CT molecular complexity index is 714. The van der Waals surface area contributed by atoms with Crippen molar-refractivity contribution in [2.24, 2.45) is 0 Å². The minimum absolute atomic E-state index is 0.227. The SMILES string of the molecule is Cc1cccc2c1CCN(Cc1ccn(CCF)n1)C2C(=O)O. The number of benzene rings is 1. The van der Waals surface area contributed by atoms with Crippen molar-refractivity contribution in [2.45, 2.75) is 32.5 Å². The summed E-state index contributed by atoms with van der Waals surface area (Å²) in [6, 6.07) is 6.98. The zero-order valence-corrected chi connectivity index (χ0v) is 13.1. The van der Waals surface area contributed by atoms with Crippen molar-refractivity contribution in [3.05, 3.63) is 52.8 Å². The molecular formula is C17H20FN3O2. The average Bonchev–Trinajstić information content (AvgIpc) is 2.94. The molecule has 3 rings (SSSR count). The van der Waals surface area contributed by atoms with Gasteiger partial charge in [-0.15, -0.1) is 0 Å². The maximum atomic E-state index is 12.4. The first-order chi connectivity index (χ1) is 11.1. The van der Waals surface area contributed by atoms with E-state index in [1.54, 1.807) is 10.9 Å². The van der Waals surface area contributed by atoms with Gasteiger partial charge < -0.3 is 5.11 Å². The number of carboxylic acid groups (broad SMARTS) is 1. The lowest BCUT2D eigenvalue weighted by atomic mass is 9.89. The third-order valence-corrected chi connectivity index (χ3v) is 4.36. The van der Waals surface area contributed by atoms with Gasteiger partial charge in [0.15, 0.2) is 0 Å². The molecule has 1 aromatic heterocycles. The molecule has 0 bridgehead atoms. The van der Waals surface area contributed by atoms with E-state index in [1.807, 2.05) is 36.1 Å². The van der Waals surface area contributed by atoms with E-state index in [4.69, 9.17) is 0 Å². The molecule has 0 aliphatic carbocycles. The van der Waals surface area contributed by atoms with Gasteiger partial charge in [0.25, 0.3) is 0 Å². The molecule has 0 saturated carbocycles. The second-order valence-corrected chi connectivity index (χ2v) is 5.86. The van der Waals surface area contributed by atoms with Gasteiger partial charge >= 0.3 is 5.97 Å². The summed E-state index contributed by atoms with van der Waals surface area (Å²) >= 11 is 0. The van der Waals surface area contributed by atoms with E-state index < -0.39 is 18.7 Å². The smallest absolute Gasteiger partial charge is 0.325 e. The molecule has 0 spiro atoms. The van der Waals surface area contributed by atoms with Crippen LogP contribution in [0.2, 0.25) is 0 Å². The third kappa shape index (κ3) is 3.12. The number of hydrogen-bond acceptors (Lipinski definition) is 3. The van der Waals surface area contributed by atoms with E-state index in [-0.39, 0.29) is 6.54 Å². The van der Waals surface area contributed by atoms with Crippen LogP contribution >= 0.6 is 0 Å². The molecule has 1 N–H and O–H groups in total. The Morgan fingerprint density at radius 1 is 1.43 bits per heavy atom. The second-order valence-electron chi connectivity index (χ2n) is 5.86. The number of alkyl halides is 1. The van der Waals surface area contributed by atoms with Crippen molar-refractivity contribution in [3.63, 3.8) is 0 Å². The maximum absolute atomic E-state index is 12.4. The number of halogens is 1. The van der Waals surface area contributed by atoms with Crippen LogP contribution in [0.25, 0.3) is 0 Å². The van der Waals surface area contributed by atoms with Gasteiger partial charge in [0.2, 0.25) is 0 Å². The predicted molar refractivity (Wildman–Crippen MR) is 83.9 cm³/mol. The van der Waals surface area contributed by atoms with Gasteiger partial charge in [0.1, 0.15) is 12.7 Å². The Hall–Kier alpha value is -2.21. The van der Waals surface area contributed by atoms with E-state index in [0.717, 1.165) is 28.8 Å². The fourth-order valence-electron chi connectivity index (χ4n) is 3.27. The van der Waals surface area contributed by atoms with Crippen LogP contribution in [-0.4, -0.2) is 39.0 Å². The molecule has 1 unspecified atom stereocenters. The average molecular weight is 317 g/mol. The van der Waals surface area contributed by atoms with Crippen LogP contribution in [0.5, 0.6) is 0 Å². The van der Waals surface area contributed by atoms with Crippen LogP contribution < -0.4 is 0 Å². The van der Waals surface area contributed by atoms with Crippen LogP contribution in [0.3, 0.4) is 0 Å². The van der Waals surface area contributed by atoms with E-state index in [9.17, 15) is 14.3 Å². The van der Waals surface area contributed by atoms with Gasteiger partial charge in [-0.2, -0.15) is 5.10 Å². The zero-order chi connectivity index (χ0) is 16.4. The Morgan fingerprint density at radius 3 is 3.00 bits per heavy atom. The molecule has 2 aromatic rings. The predicted octanol–water partition coefficient (Wildman–Crippen LogP) is 2.35. The zero-order valence-electron chi connectivity index (χ0n) is 13.1. The van der Waals surface area contributed by atoms with Gasteiger partial charge in [-0.1, -0.05) is 18.2 Å². The Labute approximate surface area is 134 Å². The first-order valence-electron chi connectivity index (χ1n) is 7.73. The van der Waals surface area contributed by atoms with E-state index >= 15 is 0 Å². The summed E-state index contributed by atoms with van der Waals surface area (Å²) in [7, 11) is 0. The summed E-state index contributed by atoms with van der Waals surface area (Å²) in [6.45, 7) is 2.90. The van der Waals surface area contributed by atoms with Crippen LogP contribution in [-0.2, 0) is 24.3 Å². The number of carbonyl (C=O) groups is 1. The number of carboxylic acids is 1. The number of fused-ring (bicyclic) bond motifs is 1. The monoisotopic (exact) mass is 317 g/mol. The van der Waals surface area contributed by atoms with Crippen LogP contribution in [0.1, 0.15) is 28.4 Å². The van der Waals surface area contributed by atoms with Gasteiger partial charge in [-0.25, -0.2) is 4.39 Å². The van der Waals surface area contributed by atoms with Crippen molar-refractivity contribution < 1.29 is 14.3 Å². The van der Waals surface area contributed by atoms with E-state index in [1.165, 1.54) is 0 Å². The van der Waals surface area contributed by atoms with E-state index in [2.05, 4.69) is 5.10 Å². The first kappa shape index (κ1) is 15.7. The largest absolute Gasteiger partial charge is 0.480 e. The third-order valence-electron chi connectivity index (χ3n) is 4.36. The molecule has 1 aliphatic rings. The Balaban J connectivity index is 1.85. The molecule has 1 aromatic carbocycles. The molecule has 0 fully saturated rings. The van der Waals surface area contributed by atoms with Gasteiger partial charge in [0, 0.05) is 19.3 Å². The fourth-order valence-corrected chi connectivity index (χ4v) is 3.27. The second kappa shape index (κ2) is 6.50. The maximum Gasteiger partial charge on any atom is 0.325 e. The van der Waals surface area contributed by atoms with Crippen LogP contribution in [0.4, 0.5) is 4.39 Å². The normalized spacial score (nSPS) is 17.9.